The minimum atomic E-state index is -0.320. The summed E-state index contributed by atoms with van der Waals surface area (Å²) >= 11 is 0. The number of nitrogens with two attached hydrogens (primary N) is 1. The normalized spacial score (nSPS) is 22.2. The molecule has 1 rings (SSSR count). The minimum Gasteiger partial charge on any atom is -0.381 e. The zero-order valence-electron chi connectivity index (χ0n) is 5.45. The number of amides is 1. The second kappa shape index (κ2) is 3.00. The number of hydrogen-bond donors (Lipinski definition) is 2. The molecule has 0 saturated heterocycles. The van der Waals surface area contributed by atoms with E-state index in [2.05, 4.69) is 10.3 Å². The van der Waals surface area contributed by atoms with Gasteiger partial charge in [0.15, 0.2) is 0 Å². The number of primary amides is 1. The quantitative estimate of drug-likeness (QED) is 0.535. The highest BCUT2D eigenvalue weighted by molar-refractivity contribution is 5.80. The number of nitrogens with zero attached hydrogens (tertiary/aromatic N) is 1. The lowest BCUT2D eigenvalue weighted by atomic mass is 10.2. The molecule has 0 aromatic carbocycles. The fourth-order valence-electron chi connectivity index (χ4n) is 0.735. The van der Waals surface area contributed by atoms with E-state index in [1.165, 1.54) is 0 Å². The highest BCUT2D eigenvalue weighted by atomic mass is 16.1. The van der Waals surface area contributed by atoms with Crippen molar-refractivity contribution in [1.29, 1.82) is 0 Å². The first-order valence-corrected chi connectivity index (χ1v) is 3.02. The smallest absolute Gasteiger partial charge is 0.219 e. The molecule has 0 radical (unpaired) electrons. The molecule has 4 heteroatoms. The molecule has 3 N–H and O–H groups in total. The van der Waals surface area contributed by atoms with Crippen molar-refractivity contribution in [3.05, 3.63) is 12.4 Å². The summed E-state index contributed by atoms with van der Waals surface area (Å²) in [6, 6.07) is -0.0255. The van der Waals surface area contributed by atoms with Crippen molar-refractivity contribution in [1.82, 2.24) is 5.32 Å². The van der Waals surface area contributed by atoms with Crippen molar-refractivity contribution in [2.75, 3.05) is 0 Å². The van der Waals surface area contributed by atoms with Gasteiger partial charge in [0, 0.05) is 18.6 Å². The highest BCUT2D eigenvalue weighted by Crippen LogP contribution is 1.92. The highest BCUT2D eigenvalue weighted by Gasteiger charge is 2.07. The van der Waals surface area contributed by atoms with Crippen molar-refractivity contribution in [2.45, 2.75) is 12.5 Å². The summed E-state index contributed by atoms with van der Waals surface area (Å²) in [5, 5.41) is 2.92. The van der Waals surface area contributed by atoms with Crippen molar-refractivity contribution in [3.63, 3.8) is 0 Å². The number of aliphatic imine (C=N–C) groups is 1. The predicted octanol–water partition coefficient (Wildman–Crippen LogP) is -0.624. The molecule has 1 atom stereocenters. The monoisotopic (exact) mass is 139 g/mol. The Balaban J connectivity index is 2.37. The Hall–Kier alpha value is -1.32. The van der Waals surface area contributed by atoms with Gasteiger partial charge < -0.3 is 11.1 Å². The fraction of sp³-hybridized carbons (Fsp3) is 0.333. The Morgan fingerprint density at radius 1 is 1.80 bits per heavy atom. The molecule has 1 amide bonds. The Morgan fingerprint density at radius 2 is 2.60 bits per heavy atom. The molecule has 1 aliphatic heterocycles. The third kappa shape index (κ3) is 1.89. The maximum atomic E-state index is 10.4. The summed E-state index contributed by atoms with van der Waals surface area (Å²) in [5.74, 6) is -0.320. The molecule has 0 saturated carbocycles. The van der Waals surface area contributed by atoms with Crippen molar-refractivity contribution < 1.29 is 4.79 Å². The van der Waals surface area contributed by atoms with Crippen LogP contribution in [0.1, 0.15) is 6.42 Å². The minimum absolute atomic E-state index is 0.0255. The molecule has 0 bridgehead atoms. The largest absolute Gasteiger partial charge is 0.381 e. The van der Waals surface area contributed by atoms with Crippen LogP contribution in [0.3, 0.4) is 0 Å². The molecule has 0 aromatic rings. The van der Waals surface area contributed by atoms with Gasteiger partial charge in [0.25, 0.3) is 0 Å². The Labute approximate surface area is 58.8 Å². The van der Waals surface area contributed by atoms with Crippen molar-refractivity contribution in [3.8, 4) is 0 Å². The van der Waals surface area contributed by atoms with Gasteiger partial charge in [-0.25, -0.2) is 0 Å². The maximum absolute atomic E-state index is 10.4. The first-order valence-electron chi connectivity index (χ1n) is 3.02. The van der Waals surface area contributed by atoms with Crippen LogP contribution < -0.4 is 11.1 Å². The Morgan fingerprint density at radius 3 is 3.10 bits per heavy atom. The average Bonchev–Trinajstić information content (AvgIpc) is 1.88. The summed E-state index contributed by atoms with van der Waals surface area (Å²) in [4.78, 5) is 14.2. The van der Waals surface area contributed by atoms with E-state index in [0.717, 1.165) is 0 Å². The van der Waals surface area contributed by atoms with Crippen LogP contribution in [0.15, 0.2) is 17.4 Å². The molecule has 0 spiro atoms. The maximum Gasteiger partial charge on any atom is 0.219 e. The zero-order chi connectivity index (χ0) is 7.40. The second-order valence-electron chi connectivity index (χ2n) is 2.06. The number of hydrogen-bond acceptors (Lipinski definition) is 3. The topological polar surface area (TPSA) is 67.5 Å². The zero-order valence-corrected chi connectivity index (χ0v) is 5.45. The standard InChI is InChI=1S/C6H9N3O/c7-6(10)3-5-4-8-1-2-9-5/h1-2,4-5,9H,3H2,(H2,7,10). The molecular weight excluding hydrogens is 130 g/mol. The van der Waals surface area contributed by atoms with E-state index in [0.29, 0.717) is 6.42 Å². The third-order valence-corrected chi connectivity index (χ3v) is 1.16. The number of nitrogens with one attached hydrogen (secondary N) is 1. The van der Waals surface area contributed by atoms with Gasteiger partial charge in [-0.2, -0.15) is 0 Å². The van der Waals surface area contributed by atoms with Crippen LogP contribution in [0.4, 0.5) is 0 Å². The van der Waals surface area contributed by atoms with Gasteiger partial charge in [-0.15, -0.1) is 0 Å². The first kappa shape index (κ1) is 6.80. The van der Waals surface area contributed by atoms with E-state index in [4.69, 9.17) is 5.73 Å². The van der Waals surface area contributed by atoms with Gasteiger partial charge in [-0.1, -0.05) is 0 Å². The van der Waals surface area contributed by atoms with Crippen LogP contribution in [0.2, 0.25) is 0 Å². The van der Waals surface area contributed by atoms with E-state index in [1.54, 1.807) is 18.6 Å². The molecule has 10 heavy (non-hydrogen) atoms. The van der Waals surface area contributed by atoms with E-state index in [-0.39, 0.29) is 11.9 Å². The van der Waals surface area contributed by atoms with E-state index in [1.807, 2.05) is 0 Å². The molecule has 54 valence electrons. The number of carbonyl (C=O) groups is 1. The molecule has 0 aromatic heterocycles. The lowest BCUT2D eigenvalue weighted by Gasteiger charge is -2.11. The SMILES string of the molecule is NC(=O)CC1C=NC=CN1. The Bertz CT molecular complexity index is 185. The van der Waals surface area contributed by atoms with E-state index in [9.17, 15) is 4.79 Å². The van der Waals surface area contributed by atoms with Gasteiger partial charge >= 0.3 is 0 Å². The van der Waals surface area contributed by atoms with Gasteiger partial charge in [0.1, 0.15) is 0 Å². The molecule has 1 unspecified atom stereocenters. The second-order valence-corrected chi connectivity index (χ2v) is 2.06. The molecule has 1 heterocycles. The summed E-state index contributed by atoms with van der Waals surface area (Å²) < 4.78 is 0. The summed E-state index contributed by atoms with van der Waals surface area (Å²) in [7, 11) is 0. The number of rotatable bonds is 2. The van der Waals surface area contributed by atoms with Gasteiger partial charge in [-0.05, 0) is 0 Å². The molecule has 0 aliphatic carbocycles. The average molecular weight is 139 g/mol. The lowest BCUT2D eigenvalue weighted by Crippen LogP contribution is -2.32. The summed E-state index contributed by atoms with van der Waals surface area (Å²) in [6.45, 7) is 0. The van der Waals surface area contributed by atoms with Gasteiger partial charge in [0.2, 0.25) is 5.91 Å². The van der Waals surface area contributed by atoms with Crippen LogP contribution in [-0.2, 0) is 4.79 Å². The predicted molar refractivity (Wildman–Crippen MR) is 38.4 cm³/mol. The van der Waals surface area contributed by atoms with Crippen LogP contribution >= 0.6 is 0 Å². The van der Waals surface area contributed by atoms with Crippen molar-refractivity contribution >= 4 is 12.1 Å². The Kier molecular flexibility index (Phi) is 2.04. The summed E-state index contributed by atoms with van der Waals surface area (Å²) in [6.07, 6.45) is 5.27. The molecular formula is C6H9N3O. The van der Waals surface area contributed by atoms with Crippen LogP contribution in [0.25, 0.3) is 0 Å². The van der Waals surface area contributed by atoms with Crippen LogP contribution in [-0.4, -0.2) is 18.2 Å². The third-order valence-electron chi connectivity index (χ3n) is 1.16. The van der Waals surface area contributed by atoms with E-state index < -0.39 is 0 Å². The molecule has 0 fully saturated rings. The van der Waals surface area contributed by atoms with Crippen molar-refractivity contribution in [2.24, 2.45) is 10.7 Å². The lowest BCUT2D eigenvalue weighted by molar-refractivity contribution is -0.118. The van der Waals surface area contributed by atoms with Crippen LogP contribution in [0, 0.1) is 0 Å². The van der Waals surface area contributed by atoms with Gasteiger partial charge in [-0.3, -0.25) is 9.79 Å². The molecule has 1 aliphatic rings. The number of carbonyl (C=O) groups excluding carboxylic acids is 1. The first-order chi connectivity index (χ1) is 4.79. The van der Waals surface area contributed by atoms with E-state index >= 15 is 0 Å². The molecule has 4 nitrogen and oxygen atoms in total. The summed E-state index contributed by atoms with van der Waals surface area (Å²) in [5.41, 5.74) is 4.96. The van der Waals surface area contributed by atoms with Gasteiger partial charge in [0.05, 0.1) is 12.5 Å². The van der Waals surface area contributed by atoms with Crippen LogP contribution in [0.5, 0.6) is 0 Å². The fourth-order valence-corrected chi connectivity index (χ4v) is 0.735.